The molecule has 134 valence electrons. The molecule has 3 N–H and O–H groups in total. The van der Waals surface area contributed by atoms with Crippen LogP contribution in [0.15, 0.2) is 29.1 Å². The molecule has 0 saturated carbocycles. The number of H-pyrrole nitrogens is 1. The fraction of sp³-hybridized carbons (Fsp3) is 0.312. The zero-order chi connectivity index (χ0) is 18.8. The van der Waals surface area contributed by atoms with Gasteiger partial charge in [0.25, 0.3) is 11.1 Å². The summed E-state index contributed by atoms with van der Waals surface area (Å²) in [6.45, 7) is 1.11. The van der Waals surface area contributed by atoms with Gasteiger partial charge in [0.1, 0.15) is 17.7 Å². The molecular weight excluding hydrogens is 331 g/mol. The molecule has 2 heterocycles. The minimum atomic E-state index is -0.626. The van der Waals surface area contributed by atoms with Crippen LogP contribution in [0.4, 0.5) is 4.39 Å². The first kappa shape index (κ1) is 18.6. The topological polar surface area (TPSA) is 113 Å². The summed E-state index contributed by atoms with van der Waals surface area (Å²) in [5.74, 6) is -1.10. The molecule has 0 amide bonds. The number of hydrogen-bond acceptors (Lipinski definition) is 5. The van der Waals surface area contributed by atoms with Crippen molar-refractivity contribution in [3.63, 3.8) is 0 Å². The molecule has 0 aliphatic rings. The number of pyridine rings is 1. The standard InChI is InChI=1S/C11H6FN3O3.C5H14NO/c12-6-1-2-8-5(3-6)4-7-9(15(8)18)11(17)14-13-10(7)16;1-6(2,3)4-5-7/h1-4H,(H,13,16)(H,14,17);7H,4-5H2,1-3H3/q;+1. The van der Waals surface area contributed by atoms with Crippen molar-refractivity contribution in [2.75, 3.05) is 34.3 Å². The van der Waals surface area contributed by atoms with Gasteiger partial charge in [-0.05, 0) is 18.2 Å². The van der Waals surface area contributed by atoms with Crippen LogP contribution in [0, 0.1) is 11.0 Å². The Labute approximate surface area is 142 Å². The number of aliphatic hydroxyl groups is 1. The van der Waals surface area contributed by atoms with Crippen molar-refractivity contribution in [3.8, 4) is 5.88 Å². The third-order valence-corrected chi connectivity index (χ3v) is 3.46. The van der Waals surface area contributed by atoms with E-state index in [1.807, 2.05) is 5.10 Å². The highest BCUT2D eigenvalue weighted by atomic mass is 19.1. The van der Waals surface area contributed by atoms with Crippen molar-refractivity contribution in [3.05, 3.63) is 45.6 Å². The van der Waals surface area contributed by atoms with Gasteiger partial charge in [-0.15, -0.1) is 5.10 Å². The van der Waals surface area contributed by atoms with Crippen molar-refractivity contribution >= 4 is 21.8 Å². The molecular formula is C16H20FN4O4+. The number of nitrogens with zero attached hydrogens (tertiary/aromatic N) is 3. The first-order valence-electron chi connectivity index (χ1n) is 7.48. The number of halogens is 1. The van der Waals surface area contributed by atoms with E-state index < -0.39 is 17.3 Å². The first-order valence-corrected chi connectivity index (χ1v) is 7.48. The second-order valence-corrected chi connectivity index (χ2v) is 6.52. The minimum Gasteiger partial charge on any atom is -0.618 e. The SMILES string of the molecule is C[N+](C)(C)CCO.O=c1[nH]nc(O)c2c1cc1cc(F)ccc1[n+]2[O-]. The normalized spacial score (nSPS) is 11.4. The molecule has 25 heavy (non-hydrogen) atoms. The van der Waals surface area contributed by atoms with E-state index >= 15 is 0 Å². The molecule has 8 nitrogen and oxygen atoms in total. The molecule has 2 aromatic heterocycles. The molecule has 3 rings (SSSR count). The smallest absolute Gasteiger partial charge is 0.304 e. The van der Waals surface area contributed by atoms with E-state index in [4.69, 9.17) is 5.11 Å². The van der Waals surface area contributed by atoms with E-state index in [-0.39, 0.29) is 28.4 Å². The minimum absolute atomic E-state index is 0.0457. The average Bonchev–Trinajstić information content (AvgIpc) is 2.50. The quantitative estimate of drug-likeness (QED) is 0.265. The number of aromatic amines is 1. The van der Waals surface area contributed by atoms with Crippen LogP contribution in [-0.2, 0) is 0 Å². The van der Waals surface area contributed by atoms with Crippen LogP contribution in [0.5, 0.6) is 5.88 Å². The van der Waals surface area contributed by atoms with Crippen LogP contribution in [0.3, 0.4) is 0 Å². The monoisotopic (exact) mass is 351 g/mol. The summed E-state index contributed by atoms with van der Waals surface area (Å²) >= 11 is 0. The van der Waals surface area contributed by atoms with E-state index in [1.165, 1.54) is 12.1 Å². The van der Waals surface area contributed by atoms with Gasteiger partial charge >= 0.3 is 5.88 Å². The third kappa shape index (κ3) is 4.20. The first-order chi connectivity index (χ1) is 11.6. The fourth-order valence-electron chi connectivity index (χ4n) is 2.18. The average molecular weight is 351 g/mol. The fourth-order valence-corrected chi connectivity index (χ4v) is 2.18. The number of benzene rings is 1. The number of aromatic hydroxyl groups is 1. The van der Waals surface area contributed by atoms with Crippen LogP contribution >= 0.6 is 0 Å². The number of nitrogens with one attached hydrogen (secondary N) is 1. The number of quaternary nitrogens is 1. The number of likely N-dealkylation sites (N-methyl/N-ethyl adjacent to an activating group) is 1. The van der Waals surface area contributed by atoms with Crippen molar-refractivity contribution in [2.24, 2.45) is 0 Å². The lowest BCUT2D eigenvalue weighted by molar-refractivity contribution is -0.870. The Bertz CT molecular complexity index is 966. The maximum absolute atomic E-state index is 13.1. The molecule has 1 aromatic carbocycles. The van der Waals surface area contributed by atoms with Gasteiger partial charge in [0.15, 0.2) is 0 Å². The van der Waals surface area contributed by atoms with Gasteiger partial charge in [-0.3, -0.25) is 4.79 Å². The second kappa shape index (κ2) is 6.99. The Kier molecular flexibility index (Phi) is 5.19. The van der Waals surface area contributed by atoms with Crippen LogP contribution in [0.1, 0.15) is 0 Å². The molecule has 0 spiro atoms. The summed E-state index contributed by atoms with van der Waals surface area (Å²) in [4.78, 5) is 11.5. The zero-order valence-corrected chi connectivity index (χ0v) is 14.2. The maximum atomic E-state index is 13.1. The van der Waals surface area contributed by atoms with Crippen molar-refractivity contribution < 1.29 is 23.8 Å². The number of hydrogen-bond donors (Lipinski definition) is 3. The molecule has 0 saturated heterocycles. The van der Waals surface area contributed by atoms with Crippen molar-refractivity contribution in [1.82, 2.24) is 10.2 Å². The van der Waals surface area contributed by atoms with Gasteiger partial charge in [-0.2, -0.15) is 4.73 Å². The lowest BCUT2D eigenvalue weighted by atomic mass is 10.1. The van der Waals surface area contributed by atoms with Gasteiger partial charge in [-0.1, -0.05) is 0 Å². The molecule has 0 aliphatic carbocycles. The van der Waals surface area contributed by atoms with Gasteiger partial charge in [0.05, 0.1) is 33.1 Å². The number of aromatic nitrogens is 3. The molecule has 0 fully saturated rings. The number of rotatable bonds is 2. The summed E-state index contributed by atoms with van der Waals surface area (Å²) in [5, 5.41) is 35.5. The van der Waals surface area contributed by atoms with E-state index in [0.717, 1.165) is 23.2 Å². The molecule has 3 aromatic rings. The lowest BCUT2D eigenvalue weighted by Gasteiger charge is -2.21. The highest BCUT2D eigenvalue weighted by Gasteiger charge is 2.18. The van der Waals surface area contributed by atoms with Crippen molar-refractivity contribution in [2.45, 2.75) is 0 Å². The number of fused-ring (bicyclic) bond motifs is 2. The highest BCUT2D eigenvalue weighted by molar-refractivity contribution is 5.89. The predicted octanol–water partition coefficient (Wildman–Crippen LogP) is 0.239. The Morgan fingerprint density at radius 3 is 2.56 bits per heavy atom. The van der Waals surface area contributed by atoms with E-state index in [9.17, 15) is 19.5 Å². The van der Waals surface area contributed by atoms with E-state index in [0.29, 0.717) is 4.73 Å². The molecule has 0 radical (unpaired) electrons. The summed E-state index contributed by atoms with van der Waals surface area (Å²) in [6.07, 6.45) is 0. The van der Waals surface area contributed by atoms with Crippen LogP contribution in [-0.4, -0.2) is 59.2 Å². The highest BCUT2D eigenvalue weighted by Crippen LogP contribution is 2.20. The Hall–Kier alpha value is -2.78. The second-order valence-electron chi connectivity index (χ2n) is 6.52. The van der Waals surface area contributed by atoms with Gasteiger partial charge < -0.3 is 19.9 Å². The Morgan fingerprint density at radius 2 is 2.00 bits per heavy atom. The van der Waals surface area contributed by atoms with Crippen LogP contribution < -0.4 is 10.3 Å². The molecule has 9 heteroatoms. The van der Waals surface area contributed by atoms with Gasteiger partial charge in [0, 0.05) is 6.07 Å². The van der Waals surface area contributed by atoms with Gasteiger partial charge in [0.2, 0.25) is 5.52 Å². The predicted molar refractivity (Wildman–Crippen MR) is 90.4 cm³/mol. The van der Waals surface area contributed by atoms with Gasteiger partial charge in [-0.25, -0.2) is 9.49 Å². The maximum Gasteiger partial charge on any atom is 0.304 e. The lowest BCUT2D eigenvalue weighted by Crippen LogP contribution is -2.36. The molecule has 0 atom stereocenters. The Balaban J connectivity index is 0.000000277. The summed E-state index contributed by atoms with van der Waals surface area (Å²) in [5.41, 5.74) is -0.719. The molecule has 0 bridgehead atoms. The van der Waals surface area contributed by atoms with Crippen LogP contribution in [0.2, 0.25) is 0 Å². The summed E-state index contributed by atoms with van der Waals surface area (Å²) in [6, 6.07) is 4.88. The largest absolute Gasteiger partial charge is 0.618 e. The molecule has 0 aliphatic heterocycles. The third-order valence-electron chi connectivity index (χ3n) is 3.46. The summed E-state index contributed by atoms with van der Waals surface area (Å²) < 4.78 is 14.3. The number of aliphatic hydroxyl groups excluding tert-OH is 1. The van der Waals surface area contributed by atoms with Crippen LogP contribution in [0.25, 0.3) is 21.8 Å². The van der Waals surface area contributed by atoms with Crippen molar-refractivity contribution in [1.29, 1.82) is 0 Å². The van der Waals surface area contributed by atoms with E-state index in [2.05, 4.69) is 26.2 Å². The summed E-state index contributed by atoms with van der Waals surface area (Å²) in [7, 11) is 6.16. The molecule has 0 unspecified atom stereocenters. The van der Waals surface area contributed by atoms with E-state index in [1.54, 1.807) is 0 Å². The zero-order valence-electron chi connectivity index (χ0n) is 14.2. The Morgan fingerprint density at radius 1 is 1.32 bits per heavy atom.